The van der Waals surface area contributed by atoms with Gasteiger partial charge < -0.3 is 19.5 Å². The number of fused-ring (bicyclic) bond motifs is 4. The van der Waals surface area contributed by atoms with Crippen LogP contribution in [0.2, 0.25) is 0 Å². The van der Waals surface area contributed by atoms with E-state index in [0.717, 1.165) is 17.7 Å². The van der Waals surface area contributed by atoms with Crippen LogP contribution >= 0.6 is 0 Å². The first kappa shape index (κ1) is 22.6. The van der Waals surface area contributed by atoms with Crippen molar-refractivity contribution in [2.45, 2.75) is 51.9 Å². The highest BCUT2D eigenvalue weighted by Gasteiger charge is 2.57. The first-order chi connectivity index (χ1) is 16.5. The van der Waals surface area contributed by atoms with Crippen LogP contribution in [0.1, 0.15) is 48.7 Å². The number of allylic oxidation sites excluding steroid dienone is 1. The molecule has 3 aliphatic rings. The van der Waals surface area contributed by atoms with Crippen molar-refractivity contribution >= 4 is 17.9 Å². The van der Waals surface area contributed by atoms with E-state index in [2.05, 4.69) is 6.07 Å². The zero-order valence-corrected chi connectivity index (χ0v) is 19.7. The normalized spacial score (nSPS) is 25.4. The Kier molecular flexibility index (Phi) is 5.90. The number of pyridine rings is 1. The Morgan fingerprint density at radius 1 is 1.15 bits per heavy atom. The smallest absolute Gasteiger partial charge is 0.258 e. The van der Waals surface area contributed by atoms with Gasteiger partial charge in [-0.25, -0.2) is 0 Å². The molecule has 4 heterocycles. The molecule has 34 heavy (non-hydrogen) atoms. The summed E-state index contributed by atoms with van der Waals surface area (Å²) in [5.74, 6) is -0.834. The summed E-state index contributed by atoms with van der Waals surface area (Å²) in [6.45, 7) is 4.95. The summed E-state index contributed by atoms with van der Waals surface area (Å²) >= 11 is 0. The van der Waals surface area contributed by atoms with Gasteiger partial charge in [0.15, 0.2) is 0 Å². The van der Waals surface area contributed by atoms with Crippen LogP contribution < -0.4 is 5.56 Å². The highest BCUT2D eigenvalue weighted by molar-refractivity contribution is 5.89. The molecule has 0 aliphatic carbocycles. The predicted octanol–water partition coefficient (Wildman–Crippen LogP) is 2.37. The lowest BCUT2D eigenvalue weighted by Gasteiger charge is -2.36. The second-order valence-corrected chi connectivity index (χ2v) is 9.46. The van der Waals surface area contributed by atoms with Crippen LogP contribution in [0, 0.1) is 11.8 Å². The van der Waals surface area contributed by atoms with Crippen molar-refractivity contribution in [1.29, 1.82) is 0 Å². The minimum absolute atomic E-state index is 0.0962. The third-order valence-corrected chi connectivity index (χ3v) is 7.74. The molecule has 0 spiro atoms. The molecule has 0 unspecified atom stereocenters. The second-order valence-electron chi connectivity index (χ2n) is 9.46. The van der Waals surface area contributed by atoms with E-state index < -0.39 is 12.0 Å². The molecule has 1 fully saturated rings. The number of hydrogen-bond donors (Lipinski definition) is 1. The van der Waals surface area contributed by atoms with Gasteiger partial charge in [-0.05, 0) is 36.6 Å². The molecular weight excluding hydrogens is 430 g/mol. The third-order valence-electron chi connectivity index (χ3n) is 7.74. The number of aliphatic hydroxyl groups excluding tert-OH is 1. The average Bonchev–Trinajstić information content (AvgIpc) is 3.39. The molecule has 2 amide bonds. The minimum Gasteiger partial charge on any atom is -0.396 e. The molecule has 4 atom stereocenters. The van der Waals surface area contributed by atoms with Crippen molar-refractivity contribution < 1.29 is 14.7 Å². The van der Waals surface area contributed by atoms with E-state index in [0.29, 0.717) is 25.2 Å². The van der Waals surface area contributed by atoms with E-state index >= 15 is 0 Å². The largest absolute Gasteiger partial charge is 0.396 e. The predicted molar refractivity (Wildman–Crippen MR) is 129 cm³/mol. The number of benzene rings is 1. The number of nitrogens with zero attached hydrogens (tertiary/aromatic N) is 3. The van der Waals surface area contributed by atoms with Gasteiger partial charge in [-0.2, -0.15) is 0 Å². The molecule has 1 aromatic carbocycles. The van der Waals surface area contributed by atoms with Crippen molar-refractivity contribution in [3.8, 4) is 0 Å². The maximum absolute atomic E-state index is 13.9. The number of carbonyl (C=O) groups is 2. The van der Waals surface area contributed by atoms with Gasteiger partial charge in [0.1, 0.15) is 6.04 Å². The Balaban J connectivity index is 1.53. The second kappa shape index (κ2) is 8.87. The molecule has 0 radical (unpaired) electrons. The zero-order chi connectivity index (χ0) is 24.0. The van der Waals surface area contributed by atoms with E-state index in [1.165, 1.54) is 5.56 Å². The molecule has 1 aromatic heterocycles. The zero-order valence-electron chi connectivity index (χ0n) is 19.7. The molecule has 1 N–H and O–H groups in total. The van der Waals surface area contributed by atoms with E-state index in [1.54, 1.807) is 28.5 Å². The van der Waals surface area contributed by atoms with Crippen molar-refractivity contribution in [3.05, 3.63) is 75.2 Å². The molecule has 178 valence electrons. The Labute approximate surface area is 199 Å². The Morgan fingerprint density at radius 2 is 1.91 bits per heavy atom. The summed E-state index contributed by atoms with van der Waals surface area (Å²) in [6.07, 6.45) is 4.64. The number of likely N-dealkylation sites (tertiary alicyclic amines) is 1. The monoisotopic (exact) mass is 461 g/mol. The molecule has 1 saturated heterocycles. The van der Waals surface area contributed by atoms with Crippen LogP contribution in [0.25, 0.3) is 6.08 Å². The molecule has 0 saturated carbocycles. The van der Waals surface area contributed by atoms with Crippen molar-refractivity contribution in [3.63, 3.8) is 0 Å². The highest BCUT2D eigenvalue weighted by atomic mass is 16.3. The van der Waals surface area contributed by atoms with Gasteiger partial charge in [-0.3, -0.25) is 14.4 Å². The van der Waals surface area contributed by atoms with Gasteiger partial charge in [-0.15, -0.1) is 0 Å². The quantitative estimate of drug-likeness (QED) is 0.758. The number of carbonyl (C=O) groups excluding carboxylic acids is 2. The van der Waals surface area contributed by atoms with E-state index in [9.17, 15) is 19.5 Å². The Bertz CT molecular complexity index is 1220. The number of aliphatic hydroxyl groups is 1. The number of rotatable bonds is 4. The molecule has 7 nitrogen and oxygen atoms in total. The molecule has 3 aliphatic heterocycles. The SMILES string of the molecule is C/C=C/c1ccc2n(c1=O)C[C@H]1[C@H](CO)[C@@H](C(=O)N3CCc4ccccc4C3)N(C(=O)CC)[C@@H]21. The first-order valence-electron chi connectivity index (χ1n) is 12.1. The lowest BCUT2D eigenvalue weighted by molar-refractivity contribution is -0.147. The molecule has 2 aromatic rings. The third kappa shape index (κ3) is 3.41. The van der Waals surface area contributed by atoms with Gasteiger partial charge in [0.05, 0.1) is 6.04 Å². The summed E-state index contributed by atoms with van der Waals surface area (Å²) < 4.78 is 1.72. The van der Waals surface area contributed by atoms with Gasteiger partial charge in [0, 0.05) is 55.8 Å². The van der Waals surface area contributed by atoms with Gasteiger partial charge in [0.2, 0.25) is 11.8 Å². The van der Waals surface area contributed by atoms with Gasteiger partial charge in [-0.1, -0.05) is 43.3 Å². The molecule has 5 rings (SSSR count). The van der Waals surface area contributed by atoms with Crippen LogP contribution in [0.3, 0.4) is 0 Å². The van der Waals surface area contributed by atoms with Crippen LogP contribution in [0.5, 0.6) is 0 Å². The Hall–Kier alpha value is -3.19. The summed E-state index contributed by atoms with van der Waals surface area (Å²) in [5.41, 5.74) is 3.63. The maximum Gasteiger partial charge on any atom is 0.258 e. The number of hydrogen-bond acceptors (Lipinski definition) is 4. The summed E-state index contributed by atoms with van der Waals surface area (Å²) in [6, 6.07) is 10.7. The fraction of sp³-hybridized carbons (Fsp3) is 0.444. The first-order valence-corrected chi connectivity index (χ1v) is 12.1. The lowest BCUT2D eigenvalue weighted by atomic mass is 9.87. The van der Waals surface area contributed by atoms with E-state index in [4.69, 9.17) is 0 Å². The van der Waals surface area contributed by atoms with Crippen LogP contribution in [-0.4, -0.2) is 50.5 Å². The van der Waals surface area contributed by atoms with Crippen molar-refractivity contribution in [2.24, 2.45) is 11.8 Å². The molecule has 0 bridgehead atoms. The lowest BCUT2D eigenvalue weighted by Crippen LogP contribution is -2.52. The summed E-state index contributed by atoms with van der Waals surface area (Å²) in [7, 11) is 0. The van der Waals surface area contributed by atoms with Crippen molar-refractivity contribution in [2.75, 3.05) is 13.2 Å². The van der Waals surface area contributed by atoms with Gasteiger partial charge >= 0.3 is 0 Å². The number of aromatic nitrogens is 1. The van der Waals surface area contributed by atoms with Crippen molar-refractivity contribution in [1.82, 2.24) is 14.4 Å². The maximum atomic E-state index is 13.9. The fourth-order valence-electron chi connectivity index (χ4n) is 6.13. The standard InChI is InChI=1S/C27H31N3O4/c1-3-7-18-10-11-22-24-20(15-29(22)26(18)33)21(16-31)25(30(24)23(32)4-2)27(34)28-13-12-17-8-5-6-9-19(17)14-28/h3,5-11,20-21,24-25,31H,4,12-16H2,1-2H3/b7-3+/t20-,21-,24+,25-/m0/s1. The summed E-state index contributed by atoms with van der Waals surface area (Å²) in [5, 5.41) is 10.4. The number of amides is 2. The summed E-state index contributed by atoms with van der Waals surface area (Å²) in [4.78, 5) is 43.7. The van der Waals surface area contributed by atoms with Crippen LogP contribution in [0.15, 0.2) is 47.3 Å². The van der Waals surface area contributed by atoms with Crippen LogP contribution in [0.4, 0.5) is 0 Å². The van der Waals surface area contributed by atoms with Crippen LogP contribution in [-0.2, 0) is 29.1 Å². The average molecular weight is 462 g/mol. The minimum atomic E-state index is -0.725. The molecular formula is C27H31N3O4. The molecule has 7 heteroatoms. The highest BCUT2D eigenvalue weighted by Crippen LogP contribution is 2.50. The fourth-order valence-corrected chi connectivity index (χ4v) is 6.13. The van der Waals surface area contributed by atoms with E-state index in [1.807, 2.05) is 42.2 Å². The Morgan fingerprint density at radius 3 is 2.62 bits per heavy atom. The van der Waals surface area contributed by atoms with E-state index in [-0.39, 0.29) is 42.4 Å². The topological polar surface area (TPSA) is 82.8 Å². The van der Waals surface area contributed by atoms with Gasteiger partial charge in [0.25, 0.3) is 5.56 Å².